The zero-order valence-electron chi connectivity index (χ0n) is 6.17. The van der Waals surface area contributed by atoms with E-state index in [1.165, 1.54) is 0 Å². The zero-order valence-corrected chi connectivity index (χ0v) is 7.59. The largest absolute Gasteiger partial charge is 2.00 e. The van der Waals surface area contributed by atoms with Crippen molar-refractivity contribution < 1.29 is 0 Å². The minimum atomic E-state index is 0. The second-order valence-electron chi connectivity index (χ2n) is 1.65. The van der Waals surface area contributed by atoms with Gasteiger partial charge in [-0.15, -0.1) is 0 Å². The Balaban J connectivity index is 0.000000167. The van der Waals surface area contributed by atoms with Gasteiger partial charge < -0.3 is 30.3 Å². The summed E-state index contributed by atoms with van der Waals surface area (Å²) in [6.45, 7) is 0. The first kappa shape index (κ1) is 10.5. The molecule has 0 atom stereocenters. The van der Waals surface area contributed by atoms with Gasteiger partial charge in [0.2, 0.25) is 0 Å². The summed E-state index contributed by atoms with van der Waals surface area (Å²) >= 11 is 0. The first-order chi connectivity index (χ1) is 5.00. The third-order valence-corrected chi connectivity index (χ3v) is 0.907. The molecule has 0 aromatic heterocycles. The van der Waals surface area contributed by atoms with Gasteiger partial charge >= 0.3 is 23.1 Å². The van der Waals surface area contributed by atoms with Crippen LogP contribution < -0.4 is 0 Å². The second-order valence-corrected chi connectivity index (χ2v) is 1.65. The minimum Gasteiger partial charge on any atom is -0.999 e. The van der Waals surface area contributed by atoms with E-state index in [-0.39, 0.29) is 23.1 Å². The molecule has 2 aromatic rings. The van der Waals surface area contributed by atoms with E-state index in [9.17, 15) is 0 Å². The summed E-state index contributed by atoms with van der Waals surface area (Å²) in [6, 6.07) is 22.0. The first-order valence-corrected chi connectivity index (χ1v) is 2.99. The second kappa shape index (κ2) is 7.57. The molecule has 0 saturated carbocycles. The fourth-order valence-electron chi connectivity index (χ4n) is 0.501. The Morgan fingerprint density at radius 2 is 1.45 bits per heavy atom. The van der Waals surface area contributed by atoms with E-state index < -0.39 is 0 Å². The van der Waals surface area contributed by atoms with Crippen LogP contribution in [-0.4, -0.2) is 23.1 Å². The molecule has 2 rings (SSSR count). The van der Waals surface area contributed by atoms with Gasteiger partial charge in [-0.05, 0) is 0 Å². The van der Waals surface area contributed by atoms with E-state index in [1.807, 2.05) is 30.3 Å². The molecule has 0 heterocycles. The van der Waals surface area contributed by atoms with Crippen molar-refractivity contribution in [1.82, 2.24) is 0 Å². The van der Waals surface area contributed by atoms with Crippen molar-refractivity contribution in [2.45, 2.75) is 0 Å². The summed E-state index contributed by atoms with van der Waals surface area (Å²) in [4.78, 5) is 0. The van der Waals surface area contributed by atoms with Gasteiger partial charge in [-0.2, -0.15) is 18.2 Å². The van der Waals surface area contributed by atoms with E-state index >= 15 is 0 Å². The molecular formula is C10H6Mg-4. The molecule has 0 aliphatic heterocycles. The van der Waals surface area contributed by atoms with Gasteiger partial charge in [0, 0.05) is 0 Å². The molecule has 0 N–H and O–H groups in total. The maximum atomic E-state index is 2.62. The number of rotatable bonds is 0. The van der Waals surface area contributed by atoms with Gasteiger partial charge in [0.1, 0.15) is 0 Å². The van der Waals surface area contributed by atoms with Crippen LogP contribution in [-0.2, 0) is 0 Å². The molecule has 0 aliphatic carbocycles. The normalized spacial score (nSPS) is 7.27. The summed E-state index contributed by atoms with van der Waals surface area (Å²) in [7, 11) is 0. The Bertz CT molecular complexity index is 144. The van der Waals surface area contributed by atoms with Gasteiger partial charge in [-0.3, -0.25) is 0 Å². The Kier molecular flexibility index (Phi) is 7.20. The van der Waals surface area contributed by atoms with Crippen LogP contribution in [0.3, 0.4) is 0 Å². The van der Waals surface area contributed by atoms with E-state index in [0.29, 0.717) is 0 Å². The molecule has 0 fully saturated rings. The molecule has 2 aromatic carbocycles. The third-order valence-electron chi connectivity index (χ3n) is 0.907. The molecule has 0 aliphatic rings. The molecule has 0 radical (unpaired) electrons. The topological polar surface area (TPSA) is 0 Å². The van der Waals surface area contributed by atoms with Crippen LogP contribution in [0.1, 0.15) is 0 Å². The fourth-order valence-corrected chi connectivity index (χ4v) is 0.501. The van der Waals surface area contributed by atoms with Crippen molar-refractivity contribution >= 4 is 23.1 Å². The van der Waals surface area contributed by atoms with Gasteiger partial charge in [0.15, 0.2) is 0 Å². The summed E-state index contributed by atoms with van der Waals surface area (Å²) in [5, 5.41) is 0. The summed E-state index contributed by atoms with van der Waals surface area (Å²) in [6.07, 6.45) is 0. The third kappa shape index (κ3) is 5.89. The molecule has 0 amide bonds. The summed E-state index contributed by atoms with van der Waals surface area (Å²) in [5.41, 5.74) is 0. The maximum Gasteiger partial charge on any atom is 2.00 e. The number of hydrogen-bond donors (Lipinski definition) is 0. The van der Waals surface area contributed by atoms with Crippen molar-refractivity contribution in [3.8, 4) is 0 Å². The van der Waals surface area contributed by atoms with Crippen LogP contribution in [0.15, 0.2) is 36.4 Å². The predicted octanol–water partition coefficient (Wildman–Crippen LogP) is 1.63. The van der Waals surface area contributed by atoms with Crippen LogP contribution in [0.4, 0.5) is 0 Å². The van der Waals surface area contributed by atoms with E-state index in [4.69, 9.17) is 0 Å². The van der Waals surface area contributed by atoms with E-state index in [1.54, 1.807) is 6.07 Å². The van der Waals surface area contributed by atoms with Crippen LogP contribution in [0.25, 0.3) is 0 Å². The zero-order chi connectivity index (χ0) is 7.07. The Morgan fingerprint density at radius 1 is 0.909 bits per heavy atom. The van der Waals surface area contributed by atoms with Gasteiger partial charge in [-0.25, -0.2) is 12.1 Å². The van der Waals surface area contributed by atoms with Crippen LogP contribution in [0.5, 0.6) is 0 Å². The predicted molar refractivity (Wildman–Crippen MR) is 45.2 cm³/mol. The SMILES string of the molecule is [Mg+2].[c-]1[c-][c-][cH-][c-]1.c1cc[cH-]c1. The van der Waals surface area contributed by atoms with E-state index in [0.717, 1.165) is 0 Å². The molecule has 0 bridgehead atoms. The average molecular weight is 150 g/mol. The fraction of sp³-hybridized carbons (Fsp3) is 0. The Morgan fingerprint density at radius 3 is 1.64 bits per heavy atom. The Labute approximate surface area is 83.7 Å². The first-order valence-electron chi connectivity index (χ1n) is 2.99. The maximum absolute atomic E-state index is 2.62. The van der Waals surface area contributed by atoms with Crippen molar-refractivity contribution in [1.29, 1.82) is 0 Å². The molecule has 0 spiro atoms. The van der Waals surface area contributed by atoms with Crippen molar-refractivity contribution in [3.63, 3.8) is 0 Å². The summed E-state index contributed by atoms with van der Waals surface area (Å²) in [5.74, 6) is 0. The quantitative estimate of drug-likeness (QED) is 0.396. The summed E-state index contributed by atoms with van der Waals surface area (Å²) < 4.78 is 0. The molecule has 0 saturated heterocycles. The van der Waals surface area contributed by atoms with Crippen molar-refractivity contribution in [2.24, 2.45) is 0 Å². The van der Waals surface area contributed by atoms with Gasteiger partial charge in [-0.1, -0.05) is 0 Å². The van der Waals surface area contributed by atoms with Crippen molar-refractivity contribution in [2.75, 3.05) is 0 Å². The standard InChI is InChI=1S/C5H5.C5H.Mg/c2*1-2-4-5-3-1;/h1-5H;1H;/q-1;-5;+2. The van der Waals surface area contributed by atoms with Gasteiger partial charge in [0.25, 0.3) is 0 Å². The van der Waals surface area contributed by atoms with Gasteiger partial charge in [0.05, 0.1) is 0 Å². The molecule has 0 unspecified atom stereocenters. The monoisotopic (exact) mass is 150 g/mol. The van der Waals surface area contributed by atoms with E-state index in [2.05, 4.69) is 24.3 Å². The number of hydrogen-bond acceptors (Lipinski definition) is 0. The molecule has 0 nitrogen and oxygen atoms in total. The van der Waals surface area contributed by atoms with Crippen LogP contribution >= 0.6 is 0 Å². The molecular weight excluding hydrogens is 144 g/mol. The smallest absolute Gasteiger partial charge is 0.999 e. The minimum absolute atomic E-state index is 0. The molecule has 52 valence electrons. The van der Waals surface area contributed by atoms with Crippen LogP contribution in [0, 0.1) is 24.3 Å². The molecule has 11 heavy (non-hydrogen) atoms. The average Bonchev–Trinajstić information content (AvgIpc) is 2.67. The molecule has 1 heteroatoms. The Hall–Kier alpha value is -0.534. The van der Waals surface area contributed by atoms with Crippen molar-refractivity contribution in [3.05, 3.63) is 60.7 Å². The van der Waals surface area contributed by atoms with Crippen LogP contribution in [0.2, 0.25) is 0 Å².